The lowest BCUT2D eigenvalue weighted by Gasteiger charge is -2.40. The van der Waals surface area contributed by atoms with Gasteiger partial charge in [-0.2, -0.15) is 0 Å². The molecule has 0 radical (unpaired) electrons. The van der Waals surface area contributed by atoms with E-state index in [0.29, 0.717) is 6.79 Å². The Morgan fingerprint density at radius 3 is 3.00 bits per heavy atom. The molecule has 0 bridgehead atoms. The molecule has 116 valence electrons. The molecule has 1 aromatic rings. The van der Waals surface area contributed by atoms with Gasteiger partial charge in [0.1, 0.15) is 0 Å². The van der Waals surface area contributed by atoms with Gasteiger partial charge in [-0.15, -0.1) is 0 Å². The highest BCUT2D eigenvalue weighted by atomic mass is 16.7. The lowest BCUT2D eigenvalue weighted by molar-refractivity contribution is -0.0516. The zero-order valence-electron chi connectivity index (χ0n) is 12.8. The number of fused-ring (bicyclic) bond motifs is 1. The standard InChI is InChI=1S/C16H24N2O3/c1-16(19-2)6-3-7-18(10-16)9-13(17)12-4-5-14-15(8-12)21-11-20-14/h4-5,8,13H,3,6-7,9-11,17H2,1-2H3. The van der Waals surface area contributed by atoms with E-state index in [1.807, 2.05) is 18.2 Å². The van der Waals surface area contributed by atoms with Crippen LogP contribution in [0.4, 0.5) is 0 Å². The third kappa shape index (κ3) is 3.15. The van der Waals surface area contributed by atoms with Crippen LogP contribution in [0.25, 0.3) is 0 Å². The van der Waals surface area contributed by atoms with Crippen LogP contribution in [-0.2, 0) is 4.74 Å². The van der Waals surface area contributed by atoms with Crippen molar-refractivity contribution in [3.05, 3.63) is 23.8 Å². The second-order valence-corrected chi connectivity index (χ2v) is 6.21. The zero-order chi connectivity index (χ0) is 14.9. The van der Waals surface area contributed by atoms with E-state index in [4.69, 9.17) is 19.9 Å². The number of nitrogens with two attached hydrogens (primary N) is 1. The summed E-state index contributed by atoms with van der Waals surface area (Å²) in [5.41, 5.74) is 7.41. The summed E-state index contributed by atoms with van der Waals surface area (Å²) in [5.74, 6) is 1.60. The molecule has 3 rings (SSSR count). The Bertz CT molecular complexity index is 508. The number of rotatable bonds is 4. The van der Waals surface area contributed by atoms with Gasteiger partial charge in [0.2, 0.25) is 6.79 Å². The number of hydrogen-bond donors (Lipinski definition) is 1. The Morgan fingerprint density at radius 2 is 2.19 bits per heavy atom. The number of hydrogen-bond acceptors (Lipinski definition) is 5. The summed E-state index contributed by atoms with van der Waals surface area (Å²) in [6, 6.07) is 5.93. The van der Waals surface area contributed by atoms with Gasteiger partial charge < -0.3 is 19.9 Å². The fourth-order valence-corrected chi connectivity index (χ4v) is 3.16. The summed E-state index contributed by atoms with van der Waals surface area (Å²) in [4.78, 5) is 2.39. The van der Waals surface area contributed by atoms with Crippen LogP contribution in [0.3, 0.4) is 0 Å². The minimum atomic E-state index is -0.0488. The van der Waals surface area contributed by atoms with Crippen LogP contribution in [0.15, 0.2) is 18.2 Å². The summed E-state index contributed by atoms with van der Waals surface area (Å²) >= 11 is 0. The SMILES string of the molecule is COC1(C)CCCN(CC(N)c2ccc3c(c2)OCO3)C1. The minimum Gasteiger partial charge on any atom is -0.454 e. The molecule has 1 fully saturated rings. The van der Waals surface area contributed by atoms with E-state index in [0.717, 1.165) is 49.5 Å². The lowest BCUT2D eigenvalue weighted by Crippen LogP contribution is -2.49. The van der Waals surface area contributed by atoms with Crippen molar-refractivity contribution in [1.29, 1.82) is 0 Å². The van der Waals surface area contributed by atoms with Gasteiger partial charge in [0.15, 0.2) is 11.5 Å². The average molecular weight is 292 g/mol. The number of methoxy groups -OCH3 is 1. The molecule has 2 unspecified atom stereocenters. The Balaban J connectivity index is 1.64. The van der Waals surface area contributed by atoms with Crippen LogP contribution >= 0.6 is 0 Å². The number of benzene rings is 1. The first-order chi connectivity index (χ1) is 10.1. The highest BCUT2D eigenvalue weighted by Gasteiger charge is 2.31. The summed E-state index contributed by atoms with van der Waals surface area (Å²) < 4.78 is 16.4. The molecule has 0 aliphatic carbocycles. The molecule has 2 aliphatic heterocycles. The molecule has 2 heterocycles. The van der Waals surface area contributed by atoms with Crippen LogP contribution in [0.1, 0.15) is 31.4 Å². The predicted octanol–water partition coefficient (Wildman–Crippen LogP) is 1.92. The van der Waals surface area contributed by atoms with E-state index in [2.05, 4.69) is 11.8 Å². The van der Waals surface area contributed by atoms with Crippen molar-refractivity contribution >= 4 is 0 Å². The second kappa shape index (κ2) is 5.83. The van der Waals surface area contributed by atoms with Crippen LogP contribution in [-0.4, -0.2) is 44.0 Å². The maximum absolute atomic E-state index is 6.37. The third-order valence-corrected chi connectivity index (χ3v) is 4.51. The number of likely N-dealkylation sites (tertiary alicyclic amines) is 1. The van der Waals surface area contributed by atoms with Crippen molar-refractivity contribution in [2.24, 2.45) is 5.73 Å². The van der Waals surface area contributed by atoms with E-state index in [9.17, 15) is 0 Å². The van der Waals surface area contributed by atoms with E-state index < -0.39 is 0 Å². The van der Waals surface area contributed by atoms with Gasteiger partial charge in [0.05, 0.1) is 5.60 Å². The minimum absolute atomic E-state index is 0.0290. The average Bonchev–Trinajstić information content (AvgIpc) is 2.94. The Kier molecular flexibility index (Phi) is 4.06. The second-order valence-electron chi connectivity index (χ2n) is 6.21. The van der Waals surface area contributed by atoms with E-state index in [-0.39, 0.29) is 11.6 Å². The molecule has 5 nitrogen and oxygen atoms in total. The molecule has 0 aromatic heterocycles. The molecule has 21 heavy (non-hydrogen) atoms. The number of piperidine rings is 1. The molecule has 0 saturated carbocycles. The van der Waals surface area contributed by atoms with Crippen molar-refractivity contribution in [3.63, 3.8) is 0 Å². The zero-order valence-corrected chi connectivity index (χ0v) is 12.8. The summed E-state index contributed by atoms with van der Waals surface area (Å²) in [6.07, 6.45) is 2.26. The van der Waals surface area contributed by atoms with E-state index in [1.54, 1.807) is 7.11 Å². The van der Waals surface area contributed by atoms with Crippen molar-refractivity contribution in [3.8, 4) is 11.5 Å². The summed E-state index contributed by atoms with van der Waals surface area (Å²) in [7, 11) is 1.79. The molecular formula is C16H24N2O3. The van der Waals surface area contributed by atoms with Gasteiger partial charge in [-0.1, -0.05) is 6.07 Å². The van der Waals surface area contributed by atoms with Crippen LogP contribution in [0, 0.1) is 0 Å². The van der Waals surface area contributed by atoms with Gasteiger partial charge in [-0.05, 0) is 44.0 Å². The molecule has 5 heteroatoms. The van der Waals surface area contributed by atoms with Gasteiger partial charge in [0, 0.05) is 26.2 Å². The summed E-state index contributed by atoms with van der Waals surface area (Å²) in [6.45, 7) is 5.31. The van der Waals surface area contributed by atoms with Gasteiger partial charge >= 0.3 is 0 Å². The molecule has 2 aliphatic rings. The monoisotopic (exact) mass is 292 g/mol. The fraction of sp³-hybridized carbons (Fsp3) is 0.625. The topological polar surface area (TPSA) is 57.0 Å². The molecule has 1 aromatic carbocycles. The Morgan fingerprint density at radius 1 is 1.38 bits per heavy atom. The Hall–Kier alpha value is -1.30. The van der Waals surface area contributed by atoms with Crippen molar-refractivity contribution in [2.75, 3.05) is 33.5 Å². The van der Waals surface area contributed by atoms with Crippen LogP contribution in [0.2, 0.25) is 0 Å². The molecule has 2 atom stereocenters. The maximum atomic E-state index is 6.37. The van der Waals surface area contributed by atoms with Gasteiger partial charge in [-0.25, -0.2) is 0 Å². The van der Waals surface area contributed by atoms with Crippen molar-refractivity contribution in [2.45, 2.75) is 31.4 Å². The van der Waals surface area contributed by atoms with Gasteiger partial charge in [0.25, 0.3) is 0 Å². The number of ether oxygens (including phenoxy) is 3. The normalized spacial score (nSPS) is 26.8. The highest BCUT2D eigenvalue weighted by molar-refractivity contribution is 5.45. The van der Waals surface area contributed by atoms with Crippen molar-refractivity contribution in [1.82, 2.24) is 4.90 Å². The first kappa shape index (κ1) is 14.6. The van der Waals surface area contributed by atoms with E-state index in [1.165, 1.54) is 0 Å². The summed E-state index contributed by atoms with van der Waals surface area (Å²) in [5, 5.41) is 0. The largest absolute Gasteiger partial charge is 0.454 e. The quantitative estimate of drug-likeness (QED) is 0.919. The van der Waals surface area contributed by atoms with E-state index >= 15 is 0 Å². The van der Waals surface area contributed by atoms with Crippen LogP contribution < -0.4 is 15.2 Å². The molecular weight excluding hydrogens is 268 g/mol. The van der Waals surface area contributed by atoms with Crippen LogP contribution in [0.5, 0.6) is 11.5 Å². The predicted molar refractivity (Wildman–Crippen MR) is 80.6 cm³/mol. The molecule has 2 N–H and O–H groups in total. The fourth-order valence-electron chi connectivity index (χ4n) is 3.16. The third-order valence-electron chi connectivity index (χ3n) is 4.51. The van der Waals surface area contributed by atoms with Gasteiger partial charge in [-0.3, -0.25) is 4.90 Å². The Labute approximate surface area is 126 Å². The smallest absolute Gasteiger partial charge is 0.231 e. The maximum Gasteiger partial charge on any atom is 0.231 e. The first-order valence-corrected chi connectivity index (χ1v) is 7.52. The molecule has 0 amide bonds. The number of nitrogens with zero attached hydrogens (tertiary/aromatic N) is 1. The first-order valence-electron chi connectivity index (χ1n) is 7.52. The highest BCUT2D eigenvalue weighted by Crippen LogP contribution is 2.34. The molecule has 1 saturated heterocycles. The molecule has 0 spiro atoms. The lowest BCUT2D eigenvalue weighted by atomic mass is 9.94. The van der Waals surface area contributed by atoms with Crippen molar-refractivity contribution < 1.29 is 14.2 Å².